The highest BCUT2D eigenvalue weighted by Crippen LogP contribution is 2.37. The molecule has 0 saturated carbocycles. The number of carbonyl (C=O) groups excluding carboxylic acids is 2. The van der Waals surface area contributed by atoms with Crippen molar-refractivity contribution in [3.63, 3.8) is 0 Å². The van der Waals surface area contributed by atoms with E-state index in [1.807, 2.05) is 0 Å². The summed E-state index contributed by atoms with van der Waals surface area (Å²) >= 11 is 3.44. The number of nitrogens with zero attached hydrogens (tertiary/aromatic N) is 3. The number of H-pyrrole nitrogens is 1. The van der Waals surface area contributed by atoms with Gasteiger partial charge in [-0.1, -0.05) is 15.9 Å². The number of rotatable bonds is 4. The largest absolute Gasteiger partial charge is 0.463 e. The quantitative estimate of drug-likeness (QED) is 0.558. The minimum absolute atomic E-state index is 0.0137. The van der Waals surface area contributed by atoms with Crippen LogP contribution in [0.2, 0.25) is 0 Å². The highest BCUT2D eigenvalue weighted by molar-refractivity contribution is 9.09. The number of aromatic nitrogens is 4. The van der Waals surface area contributed by atoms with Crippen LogP contribution in [-0.4, -0.2) is 55.1 Å². The minimum atomic E-state index is -0.784. The average Bonchev–Trinajstić information content (AvgIpc) is 3.09. The normalized spacial score (nSPS) is 25.9. The number of ether oxygens (including phenoxy) is 3. The van der Waals surface area contributed by atoms with Crippen molar-refractivity contribution in [3.8, 4) is 0 Å². The fourth-order valence-corrected chi connectivity index (χ4v) is 3.27. The first-order valence-electron chi connectivity index (χ1n) is 7.39. The third-order valence-corrected chi connectivity index (χ3v) is 4.77. The van der Waals surface area contributed by atoms with Gasteiger partial charge in [0, 0.05) is 13.8 Å². The van der Waals surface area contributed by atoms with Gasteiger partial charge in [0.25, 0.3) is 5.56 Å². The van der Waals surface area contributed by atoms with E-state index in [0.717, 1.165) is 0 Å². The molecule has 25 heavy (non-hydrogen) atoms. The smallest absolute Gasteiger partial charge is 0.303 e. The Kier molecular flexibility index (Phi) is 4.86. The molecule has 2 aromatic rings. The van der Waals surface area contributed by atoms with Crippen LogP contribution in [0.5, 0.6) is 0 Å². The topological polar surface area (TPSA) is 125 Å². The second-order valence-electron chi connectivity index (χ2n) is 5.44. The molecule has 4 unspecified atom stereocenters. The Bertz CT molecular complexity index is 864. The summed E-state index contributed by atoms with van der Waals surface area (Å²) in [4.78, 5) is 44.5. The molecule has 1 fully saturated rings. The monoisotopic (exact) mass is 414 g/mol. The fraction of sp³-hybridized carbons (Fsp3) is 0.500. The molecule has 0 bridgehead atoms. The lowest BCUT2D eigenvalue weighted by Gasteiger charge is -2.21. The molecule has 4 atom stereocenters. The van der Waals surface area contributed by atoms with Gasteiger partial charge in [-0.25, -0.2) is 9.97 Å². The van der Waals surface area contributed by atoms with E-state index in [9.17, 15) is 14.4 Å². The summed E-state index contributed by atoms with van der Waals surface area (Å²) < 4.78 is 17.8. The predicted octanol–water partition coefficient (Wildman–Crippen LogP) is 0.275. The van der Waals surface area contributed by atoms with E-state index in [4.69, 9.17) is 14.2 Å². The van der Waals surface area contributed by atoms with Crippen LogP contribution in [0.3, 0.4) is 0 Å². The van der Waals surface area contributed by atoms with E-state index in [2.05, 4.69) is 30.9 Å². The van der Waals surface area contributed by atoms with Crippen LogP contribution in [0.25, 0.3) is 11.2 Å². The molecular formula is C14H15BrN4O6. The number of imidazole rings is 1. The lowest BCUT2D eigenvalue weighted by Crippen LogP contribution is -2.33. The zero-order valence-corrected chi connectivity index (χ0v) is 14.9. The Hall–Kier alpha value is -2.27. The van der Waals surface area contributed by atoms with Crippen molar-refractivity contribution >= 4 is 39.0 Å². The summed E-state index contributed by atoms with van der Waals surface area (Å²) in [6.45, 7) is 2.56. The van der Waals surface area contributed by atoms with Gasteiger partial charge in [-0.3, -0.25) is 19.0 Å². The maximum atomic E-state index is 11.8. The first-order valence-corrected chi connectivity index (χ1v) is 8.30. The number of halogens is 1. The molecule has 3 rings (SSSR count). The van der Waals surface area contributed by atoms with E-state index in [0.29, 0.717) is 5.65 Å². The second kappa shape index (κ2) is 6.92. The van der Waals surface area contributed by atoms with E-state index >= 15 is 0 Å². The zero-order chi connectivity index (χ0) is 18.1. The average molecular weight is 415 g/mol. The van der Waals surface area contributed by atoms with Gasteiger partial charge in [0.05, 0.1) is 17.5 Å². The molecule has 1 aliphatic rings. The lowest BCUT2D eigenvalue weighted by atomic mass is 10.2. The maximum absolute atomic E-state index is 11.8. The van der Waals surface area contributed by atoms with Crippen molar-refractivity contribution in [1.82, 2.24) is 19.5 Å². The number of carbonyl (C=O) groups is 2. The molecule has 1 aliphatic heterocycles. The van der Waals surface area contributed by atoms with Crippen molar-refractivity contribution in [2.75, 3.05) is 6.61 Å². The van der Waals surface area contributed by atoms with Gasteiger partial charge in [0.1, 0.15) is 12.7 Å². The summed E-state index contributed by atoms with van der Waals surface area (Å²) in [6.07, 6.45) is 0.574. The number of aromatic amines is 1. The second-order valence-corrected chi connectivity index (χ2v) is 6.50. The molecule has 3 heterocycles. The van der Waals surface area contributed by atoms with Gasteiger partial charge in [-0.05, 0) is 0 Å². The SMILES string of the molecule is CC(=O)OCC1OC(n2cnc3c(=O)[nH]cnc32)C(OC(C)=O)C1Br. The molecule has 0 radical (unpaired) electrons. The molecule has 1 N–H and O–H groups in total. The molecule has 0 aromatic carbocycles. The molecular weight excluding hydrogens is 400 g/mol. The van der Waals surface area contributed by atoms with E-state index in [-0.39, 0.29) is 12.1 Å². The van der Waals surface area contributed by atoms with Crippen LogP contribution in [-0.2, 0) is 23.8 Å². The van der Waals surface area contributed by atoms with Gasteiger partial charge in [0.15, 0.2) is 23.5 Å². The molecule has 0 amide bonds. The van der Waals surface area contributed by atoms with Crippen molar-refractivity contribution in [2.45, 2.75) is 37.1 Å². The number of hydrogen-bond acceptors (Lipinski definition) is 8. The van der Waals surface area contributed by atoms with Crippen molar-refractivity contribution in [1.29, 1.82) is 0 Å². The first kappa shape index (κ1) is 17.5. The summed E-state index contributed by atoms with van der Waals surface area (Å²) in [5.41, 5.74) is 0.0404. The lowest BCUT2D eigenvalue weighted by molar-refractivity contribution is -0.152. The van der Waals surface area contributed by atoms with Gasteiger partial charge in [-0.15, -0.1) is 0 Å². The van der Waals surface area contributed by atoms with Crippen LogP contribution in [0.4, 0.5) is 0 Å². The predicted molar refractivity (Wildman–Crippen MR) is 87.0 cm³/mol. The molecule has 1 saturated heterocycles. The third kappa shape index (κ3) is 3.42. The zero-order valence-electron chi connectivity index (χ0n) is 13.3. The standard InChI is InChI=1S/C14H15BrN4O6/c1-6(20)23-3-8-9(15)11(24-7(2)21)14(25-8)19-5-18-10-12(19)16-4-17-13(10)22/h4-5,8-9,11,14H,3H2,1-2H3,(H,16,17,22). The Morgan fingerprint density at radius 3 is 2.80 bits per heavy atom. The minimum Gasteiger partial charge on any atom is -0.463 e. The van der Waals surface area contributed by atoms with Crippen molar-refractivity contribution in [2.24, 2.45) is 0 Å². The van der Waals surface area contributed by atoms with Crippen LogP contribution in [0.1, 0.15) is 20.1 Å². The fourth-order valence-electron chi connectivity index (χ4n) is 2.62. The molecule has 2 aromatic heterocycles. The number of alkyl halides is 1. The highest BCUT2D eigenvalue weighted by atomic mass is 79.9. The Balaban J connectivity index is 1.96. The van der Waals surface area contributed by atoms with Crippen LogP contribution < -0.4 is 5.56 Å². The maximum Gasteiger partial charge on any atom is 0.303 e. The summed E-state index contributed by atoms with van der Waals surface area (Å²) in [6, 6.07) is 0. The Morgan fingerprint density at radius 2 is 2.12 bits per heavy atom. The molecule has 0 aliphatic carbocycles. The first-order chi connectivity index (χ1) is 11.9. The third-order valence-electron chi connectivity index (χ3n) is 3.66. The van der Waals surface area contributed by atoms with Crippen molar-refractivity contribution < 1.29 is 23.8 Å². The van der Waals surface area contributed by atoms with Crippen molar-refractivity contribution in [3.05, 3.63) is 23.0 Å². The van der Waals surface area contributed by atoms with Gasteiger partial charge >= 0.3 is 11.9 Å². The Labute approximate surface area is 149 Å². The van der Waals surface area contributed by atoms with Gasteiger partial charge in [0.2, 0.25) is 0 Å². The molecule has 11 heteroatoms. The number of esters is 2. The van der Waals surface area contributed by atoms with Crippen LogP contribution in [0, 0.1) is 0 Å². The Morgan fingerprint density at radius 1 is 1.36 bits per heavy atom. The molecule has 10 nitrogen and oxygen atoms in total. The molecule has 134 valence electrons. The summed E-state index contributed by atoms with van der Waals surface area (Å²) in [5.74, 6) is -0.941. The van der Waals surface area contributed by atoms with E-state index in [1.54, 1.807) is 0 Å². The number of hydrogen-bond donors (Lipinski definition) is 1. The number of fused-ring (bicyclic) bond motifs is 1. The van der Waals surface area contributed by atoms with Crippen LogP contribution in [0.15, 0.2) is 17.4 Å². The molecule has 0 spiro atoms. The summed E-state index contributed by atoms with van der Waals surface area (Å²) in [7, 11) is 0. The highest BCUT2D eigenvalue weighted by Gasteiger charge is 2.47. The summed E-state index contributed by atoms with van der Waals surface area (Å²) in [5, 5.41) is 0. The van der Waals surface area contributed by atoms with Gasteiger partial charge < -0.3 is 19.2 Å². The number of nitrogens with one attached hydrogen (secondary N) is 1. The van der Waals surface area contributed by atoms with E-state index in [1.165, 1.54) is 31.1 Å². The van der Waals surface area contributed by atoms with Crippen LogP contribution >= 0.6 is 15.9 Å². The van der Waals surface area contributed by atoms with Gasteiger partial charge in [-0.2, -0.15) is 0 Å². The van der Waals surface area contributed by atoms with E-state index < -0.39 is 40.8 Å².